The van der Waals surface area contributed by atoms with E-state index in [2.05, 4.69) is 15.5 Å². The SMILES string of the molecule is O[C@@H]1CCCC[C@H]1Nc1nnc(Cl)c2c1COC1(CC1)C2. The molecule has 6 heteroatoms. The number of aliphatic hydroxyl groups is 1. The van der Waals surface area contributed by atoms with E-state index >= 15 is 0 Å². The number of hydrogen-bond donors (Lipinski definition) is 2. The number of hydrogen-bond acceptors (Lipinski definition) is 5. The Morgan fingerprint density at radius 1 is 1.19 bits per heavy atom. The predicted octanol–water partition coefficient (Wildman–Crippen LogP) is 2.45. The Balaban J connectivity index is 1.61. The molecular weight excluding hydrogens is 290 g/mol. The normalized spacial score (nSPS) is 30.0. The zero-order valence-corrected chi connectivity index (χ0v) is 12.7. The van der Waals surface area contributed by atoms with E-state index in [1.165, 1.54) is 0 Å². The van der Waals surface area contributed by atoms with E-state index in [4.69, 9.17) is 16.3 Å². The van der Waals surface area contributed by atoms with Crippen molar-refractivity contribution >= 4 is 17.4 Å². The van der Waals surface area contributed by atoms with Gasteiger partial charge in [0, 0.05) is 17.5 Å². The number of anilines is 1. The Morgan fingerprint density at radius 2 is 2.00 bits per heavy atom. The number of rotatable bonds is 2. The number of halogens is 1. The van der Waals surface area contributed by atoms with Gasteiger partial charge in [-0.1, -0.05) is 24.4 Å². The summed E-state index contributed by atoms with van der Waals surface area (Å²) in [5.41, 5.74) is 2.11. The van der Waals surface area contributed by atoms with Crippen molar-refractivity contribution in [1.82, 2.24) is 10.2 Å². The van der Waals surface area contributed by atoms with Crippen LogP contribution in [0.25, 0.3) is 0 Å². The van der Waals surface area contributed by atoms with Gasteiger partial charge in [-0.05, 0) is 25.7 Å². The lowest BCUT2D eigenvalue weighted by molar-refractivity contribution is 0.00807. The first kappa shape index (κ1) is 13.7. The lowest BCUT2D eigenvalue weighted by Gasteiger charge is -2.31. The van der Waals surface area contributed by atoms with Crippen molar-refractivity contribution < 1.29 is 9.84 Å². The number of nitrogens with one attached hydrogen (secondary N) is 1. The fourth-order valence-corrected chi connectivity index (χ4v) is 3.67. The molecule has 1 aromatic rings. The van der Waals surface area contributed by atoms with Gasteiger partial charge in [-0.15, -0.1) is 10.2 Å². The van der Waals surface area contributed by atoms with E-state index in [0.29, 0.717) is 11.8 Å². The predicted molar refractivity (Wildman–Crippen MR) is 79.4 cm³/mol. The molecule has 1 aromatic heterocycles. The molecule has 0 radical (unpaired) electrons. The Hall–Kier alpha value is -0.910. The third-order valence-electron chi connectivity index (χ3n) is 5.02. The van der Waals surface area contributed by atoms with Crippen LogP contribution < -0.4 is 5.32 Å². The van der Waals surface area contributed by atoms with Crippen LogP contribution in [0.15, 0.2) is 0 Å². The van der Waals surface area contributed by atoms with Crippen molar-refractivity contribution in [3.8, 4) is 0 Å². The van der Waals surface area contributed by atoms with Crippen LogP contribution in [-0.4, -0.2) is 33.1 Å². The van der Waals surface area contributed by atoms with Crippen LogP contribution >= 0.6 is 11.6 Å². The largest absolute Gasteiger partial charge is 0.391 e. The van der Waals surface area contributed by atoms with Gasteiger partial charge in [0.1, 0.15) is 0 Å². The van der Waals surface area contributed by atoms with Gasteiger partial charge < -0.3 is 15.2 Å². The van der Waals surface area contributed by atoms with Gasteiger partial charge >= 0.3 is 0 Å². The molecule has 0 saturated heterocycles. The van der Waals surface area contributed by atoms with Crippen molar-refractivity contribution in [2.75, 3.05) is 5.32 Å². The molecule has 114 valence electrons. The third-order valence-corrected chi connectivity index (χ3v) is 5.32. The number of aliphatic hydroxyl groups excluding tert-OH is 1. The second kappa shape index (κ2) is 5.07. The van der Waals surface area contributed by atoms with Crippen molar-refractivity contribution in [2.45, 2.75) is 69.3 Å². The van der Waals surface area contributed by atoms with Crippen LogP contribution in [0.2, 0.25) is 5.15 Å². The monoisotopic (exact) mass is 309 g/mol. The lowest BCUT2D eigenvalue weighted by Crippen LogP contribution is -2.37. The number of ether oxygens (including phenoxy) is 1. The van der Waals surface area contributed by atoms with Crippen molar-refractivity contribution in [3.05, 3.63) is 16.3 Å². The molecule has 5 nitrogen and oxygen atoms in total. The molecule has 0 bridgehead atoms. The summed E-state index contributed by atoms with van der Waals surface area (Å²) in [6, 6.07) is 0.0511. The second-order valence-electron chi connectivity index (χ2n) is 6.55. The van der Waals surface area contributed by atoms with Gasteiger partial charge in [0.05, 0.1) is 24.4 Å². The summed E-state index contributed by atoms with van der Waals surface area (Å²) in [6.07, 6.45) is 6.77. The summed E-state index contributed by atoms with van der Waals surface area (Å²) in [4.78, 5) is 0. The van der Waals surface area contributed by atoms with Gasteiger partial charge in [-0.3, -0.25) is 0 Å². The smallest absolute Gasteiger partial charge is 0.155 e. The van der Waals surface area contributed by atoms with Crippen molar-refractivity contribution in [1.29, 1.82) is 0 Å². The molecule has 21 heavy (non-hydrogen) atoms. The zero-order chi connectivity index (χ0) is 14.4. The highest BCUT2D eigenvalue weighted by Crippen LogP contribution is 2.48. The molecule has 2 N–H and O–H groups in total. The average molecular weight is 310 g/mol. The molecule has 4 rings (SSSR count). The first-order valence-corrected chi connectivity index (χ1v) is 8.17. The van der Waals surface area contributed by atoms with E-state index < -0.39 is 0 Å². The van der Waals surface area contributed by atoms with Crippen molar-refractivity contribution in [3.63, 3.8) is 0 Å². The lowest BCUT2D eigenvalue weighted by atomic mass is 9.92. The molecule has 0 aromatic carbocycles. The number of fused-ring (bicyclic) bond motifs is 1. The van der Waals surface area contributed by atoms with Gasteiger partial charge in [0.2, 0.25) is 0 Å². The molecule has 0 unspecified atom stereocenters. The Labute approximate surface area is 129 Å². The van der Waals surface area contributed by atoms with Crippen LogP contribution in [0, 0.1) is 0 Å². The van der Waals surface area contributed by atoms with Gasteiger partial charge in [-0.2, -0.15) is 0 Å². The molecule has 2 heterocycles. The highest BCUT2D eigenvalue weighted by Gasteiger charge is 2.48. The molecule has 1 aliphatic heterocycles. The minimum Gasteiger partial charge on any atom is -0.391 e. The minimum absolute atomic E-state index is 0.0152. The molecular formula is C15H20ClN3O2. The number of aromatic nitrogens is 2. The van der Waals surface area contributed by atoms with E-state index in [0.717, 1.165) is 61.9 Å². The van der Waals surface area contributed by atoms with E-state index in [-0.39, 0.29) is 17.7 Å². The summed E-state index contributed by atoms with van der Waals surface area (Å²) < 4.78 is 5.99. The van der Waals surface area contributed by atoms with E-state index in [9.17, 15) is 5.11 Å². The first-order chi connectivity index (χ1) is 10.2. The minimum atomic E-state index is -0.314. The van der Waals surface area contributed by atoms with Crippen LogP contribution in [0.5, 0.6) is 0 Å². The zero-order valence-electron chi connectivity index (χ0n) is 11.9. The summed E-state index contributed by atoms with van der Waals surface area (Å²) in [7, 11) is 0. The fourth-order valence-electron chi connectivity index (χ4n) is 3.45. The van der Waals surface area contributed by atoms with E-state index in [1.54, 1.807) is 0 Å². The van der Waals surface area contributed by atoms with E-state index in [1.807, 2.05) is 0 Å². The quantitative estimate of drug-likeness (QED) is 0.878. The third kappa shape index (κ3) is 2.51. The van der Waals surface area contributed by atoms with Gasteiger partial charge in [0.15, 0.2) is 11.0 Å². The van der Waals surface area contributed by atoms with Gasteiger partial charge in [0.25, 0.3) is 0 Å². The van der Waals surface area contributed by atoms with Crippen molar-refractivity contribution in [2.24, 2.45) is 0 Å². The maximum Gasteiger partial charge on any atom is 0.155 e. The first-order valence-electron chi connectivity index (χ1n) is 7.79. The highest BCUT2D eigenvalue weighted by atomic mass is 35.5. The second-order valence-corrected chi connectivity index (χ2v) is 6.91. The molecule has 2 aliphatic carbocycles. The summed E-state index contributed by atoms with van der Waals surface area (Å²) >= 11 is 6.23. The standard InChI is InChI=1S/C15H20ClN3O2/c16-13-9-7-15(5-6-15)21-8-10(9)14(19-18-13)17-11-3-1-2-4-12(11)20/h11-12,20H,1-8H2,(H,17,19)/t11-,12-/m1/s1. The van der Waals surface area contributed by atoms with Crippen LogP contribution in [0.4, 0.5) is 5.82 Å². The molecule has 0 amide bonds. The topological polar surface area (TPSA) is 67.3 Å². The van der Waals surface area contributed by atoms with Crippen LogP contribution in [0.1, 0.15) is 49.7 Å². The average Bonchev–Trinajstić information content (AvgIpc) is 3.24. The molecule has 2 saturated carbocycles. The Kier molecular flexibility index (Phi) is 3.32. The van der Waals surface area contributed by atoms with Gasteiger partial charge in [-0.25, -0.2) is 0 Å². The summed E-state index contributed by atoms with van der Waals surface area (Å²) in [5.74, 6) is 0.732. The summed E-state index contributed by atoms with van der Waals surface area (Å²) in [6.45, 7) is 0.537. The fraction of sp³-hybridized carbons (Fsp3) is 0.733. The maximum absolute atomic E-state index is 10.1. The summed E-state index contributed by atoms with van der Waals surface area (Å²) in [5, 5.41) is 22.3. The van der Waals surface area contributed by atoms with Crippen LogP contribution in [-0.2, 0) is 17.8 Å². The number of nitrogens with zero attached hydrogens (tertiary/aromatic N) is 2. The molecule has 2 atom stereocenters. The highest BCUT2D eigenvalue weighted by molar-refractivity contribution is 6.30. The Morgan fingerprint density at radius 3 is 2.76 bits per heavy atom. The molecule has 3 aliphatic rings. The molecule has 2 fully saturated rings. The van der Waals surface area contributed by atoms with Crippen LogP contribution in [0.3, 0.4) is 0 Å². The Bertz CT molecular complexity index is 562. The molecule has 1 spiro atoms. The maximum atomic E-state index is 10.1.